The van der Waals surface area contributed by atoms with Gasteiger partial charge in [-0.1, -0.05) is 6.08 Å². The lowest BCUT2D eigenvalue weighted by atomic mass is 9.90. The van der Waals surface area contributed by atoms with Crippen LogP contribution < -0.4 is 16.0 Å². The zero-order valence-corrected chi connectivity index (χ0v) is 28.3. The molecule has 0 saturated carbocycles. The average Bonchev–Trinajstić information content (AvgIpc) is 3.01. The van der Waals surface area contributed by atoms with E-state index in [1.165, 1.54) is 20.8 Å². The van der Waals surface area contributed by atoms with Crippen LogP contribution in [0.15, 0.2) is 12.7 Å². The van der Waals surface area contributed by atoms with E-state index in [0.29, 0.717) is 46.2 Å². The zero-order valence-electron chi connectivity index (χ0n) is 28.3. The van der Waals surface area contributed by atoms with E-state index in [1.807, 2.05) is 0 Å². The number of hydrogen-bond acceptors (Lipinski definition) is 14. The van der Waals surface area contributed by atoms with Crippen molar-refractivity contribution in [2.75, 3.05) is 72.6 Å². The molecule has 1 saturated heterocycles. The molecule has 1 fully saturated rings. The standard InChI is InChI=1S/C31H51N3O14/c1-6-12-41-16-18-44-19-17-43-15-11-33-28(40)8-7-27(39)32-10-14-42-13-9-25-29(34-21(2)35)31(47-24(5)38)30(46-23(4)37)26(48-25)20-45-22(3)36/h6,25-26,29-31H,1,7-20H2,2-5H3,(H,32,39)(H,33,40)(H,34,35)/t25-,26-,29+,30+,31-/m1/s1. The summed E-state index contributed by atoms with van der Waals surface area (Å²) in [4.78, 5) is 71.4. The van der Waals surface area contributed by atoms with E-state index in [-0.39, 0.29) is 57.4 Å². The van der Waals surface area contributed by atoms with Gasteiger partial charge in [0.15, 0.2) is 12.2 Å². The monoisotopic (exact) mass is 689 g/mol. The van der Waals surface area contributed by atoms with Gasteiger partial charge in [-0.3, -0.25) is 28.8 Å². The van der Waals surface area contributed by atoms with E-state index in [0.717, 1.165) is 6.92 Å². The fourth-order valence-electron chi connectivity index (χ4n) is 4.51. The number of amides is 3. The Morgan fingerprint density at radius 1 is 0.667 bits per heavy atom. The molecule has 1 rings (SSSR count). The fourth-order valence-corrected chi connectivity index (χ4v) is 4.51. The first-order chi connectivity index (χ1) is 22.9. The van der Waals surface area contributed by atoms with Crippen LogP contribution in [0.4, 0.5) is 0 Å². The van der Waals surface area contributed by atoms with Gasteiger partial charge in [-0.2, -0.15) is 0 Å². The highest BCUT2D eigenvalue weighted by Gasteiger charge is 2.50. The number of nitrogens with one attached hydrogen (secondary N) is 3. The summed E-state index contributed by atoms with van der Waals surface area (Å²) in [6.45, 7) is 11.3. The molecule has 17 heteroatoms. The van der Waals surface area contributed by atoms with Gasteiger partial charge in [0.2, 0.25) is 17.7 Å². The van der Waals surface area contributed by atoms with Gasteiger partial charge in [0.05, 0.1) is 58.4 Å². The van der Waals surface area contributed by atoms with Crippen molar-refractivity contribution < 1.29 is 66.7 Å². The molecule has 0 aromatic rings. The van der Waals surface area contributed by atoms with Gasteiger partial charge in [0.1, 0.15) is 12.7 Å². The molecule has 274 valence electrons. The maximum absolute atomic E-state index is 12.1. The van der Waals surface area contributed by atoms with Crippen LogP contribution in [0.5, 0.6) is 0 Å². The third-order valence-electron chi connectivity index (χ3n) is 6.46. The number of hydrogen-bond donors (Lipinski definition) is 3. The minimum absolute atomic E-state index is 0.00642. The van der Waals surface area contributed by atoms with Gasteiger partial charge in [-0.25, -0.2) is 0 Å². The Bertz CT molecular complexity index is 1030. The Labute approximate surface area is 281 Å². The van der Waals surface area contributed by atoms with Crippen molar-refractivity contribution in [1.82, 2.24) is 16.0 Å². The Hall–Kier alpha value is -3.64. The van der Waals surface area contributed by atoms with Crippen molar-refractivity contribution in [3.05, 3.63) is 12.7 Å². The summed E-state index contributed by atoms with van der Waals surface area (Å²) >= 11 is 0. The highest BCUT2D eigenvalue weighted by atomic mass is 16.6. The third-order valence-corrected chi connectivity index (χ3v) is 6.46. The summed E-state index contributed by atoms with van der Waals surface area (Å²) in [7, 11) is 0. The van der Waals surface area contributed by atoms with Crippen LogP contribution in [-0.2, 0) is 66.7 Å². The molecule has 48 heavy (non-hydrogen) atoms. The van der Waals surface area contributed by atoms with Gasteiger partial charge in [-0.05, 0) is 6.42 Å². The Kier molecular flexibility index (Phi) is 22.4. The molecule has 0 aromatic carbocycles. The van der Waals surface area contributed by atoms with Crippen molar-refractivity contribution in [1.29, 1.82) is 0 Å². The maximum Gasteiger partial charge on any atom is 0.303 e. The van der Waals surface area contributed by atoms with Crippen LogP contribution in [0.3, 0.4) is 0 Å². The maximum atomic E-state index is 12.1. The van der Waals surface area contributed by atoms with Crippen molar-refractivity contribution >= 4 is 35.6 Å². The molecule has 17 nitrogen and oxygen atoms in total. The van der Waals surface area contributed by atoms with Crippen molar-refractivity contribution in [3.63, 3.8) is 0 Å². The molecule has 0 radical (unpaired) electrons. The highest BCUT2D eigenvalue weighted by molar-refractivity contribution is 5.83. The van der Waals surface area contributed by atoms with Crippen LogP contribution in [0.25, 0.3) is 0 Å². The summed E-state index contributed by atoms with van der Waals surface area (Å²) in [5, 5.41) is 8.05. The van der Waals surface area contributed by atoms with Gasteiger partial charge < -0.3 is 53.8 Å². The topological polar surface area (TPSA) is 212 Å². The predicted octanol–water partition coefficient (Wildman–Crippen LogP) is -0.660. The van der Waals surface area contributed by atoms with Gasteiger partial charge in [0, 0.05) is 60.2 Å². The first-order valence-corrected chi connectivity index (χ1v) is 15.8. The number of ether oxygens (including phenoxy) is 8. The lowest BCUT2D eigenvalue weighted by molar-refractivity contribution is -0.225. The van der Waals surface area contributed by atoms with Gasteiger partial charge >= 0.3 is 17.9 Å². The van der Waals surface area contributed by atoms with E-state index in [4.69, 9.17) is 37.9 Å². The highest BCUT2D eigenvalue weighted by Crippen LogP contribution is 2.28. The quantitative estimate of drug-likeness (QED) is 0.0470. The summed E-state index contributed by atoms with van der Waals surface area (Å²) in [5.74, 6) is -3.02. The molecular formula is C31H51N3O14. The Balaban J connectivity index is 2.42. The molecule has 0 spiro atoms. The van der Waals surface area contributed by atoms with Crippen molar-refractivity contribution in [3.8, 4) is 0 Å². The Morgan fingerprint density at radius 3 is 1.71 bits per heavy atom. The van der Waals surface area contributed by atoms with E-state index < -0.39 is 54.3 Å². The lowest BCUT2D eigenvalue weighted by Gasteiger charge is -2.45. The molecule has 0 bridgehead atoms. The molecule has 3 N–H and O–H groups in total. The molecule has 0 unspecified atom stereocenters. The van der Waals surface area contributed by atoms with E-state index in [2.05, 4.69) is 22.5 Å². The molecule has 1 aliphatic heterocycles. The average molecular weight is 690 g/mol. The van der Waals surface area contributed by atoms with E-state index in [1.54, 1.807) is 6.08 Å². The zero-order chi connectivity index (χ0) is 35.7. The van der Waals surface area contributed by atoms with Crippen LogP contribution >= 0.6 is 0 Å². The molecule has 0 aliphatic carbocycles. The summed E-state index contributed by atoms with van der Waals surface area (Å²) < 4.78 is 43.5. The lowest BCUT2D eigenvalue weighted by Crippen LogP contribution is -2.66. The normalized spacial score (nSPS) is 20.2. The third kappa shape index (κ3) is 19.9. The molecule has 0 aromatic heterocycles. The summed E-state index contributed by atoms with van der Waals surface area (Å²) in [6, 6.07) is -0.919. The SMILES string of the molecule is C=CCOCCOCCOCCNC(=O)CCC(=O)NCCOCC[C@H]1O[C@H](COC(C)=O)[C@H](OC(C)=O)[C@H](OC(C)=O)[C@H]1NC(C)=O. The van der Waals surface area contributed by atoms with Crippen LogP contribution in [0, 0.1) is 0 Å². The second kappa shape index (κ2) is 25.4. The molecule has 5 atom stereocenters. The van der Waals surface area contributed by atoms with Crippen molar-refractivity contribution in [2.45, 2.75) is 77.4 Å². The smallest absolute Gasteiger partial charge is 0.303 e. The predicted molar refractivity (Wildman–Crippen MR) is 167 cm³/mol. The van der Waals surface area contributed by atoms with Crippen molar-refractivity contribution in [2.24, 2.45) is 0 Å². The minimum Gasteiger partial charge on any atom is -0.463 e. The largest absolute Gasteiger partial charge is 0.463 e. The first-order valence-electron chi connectivity index (χ1n) is 15.8. The second-order valence-corrected chi connectivity index (χ2v) is 10.6. The van der Waals surface area contributed by atoms with Crippen LogP contribution in [-0.4, -0.2) is 139 Å². The Morgan fingerprint density at radius 2 is 1.19 bits per heavy atom. The molecule has 3 amide bonds. The van der Waals surface area contributed by atoms with Crippen LogP contribution in [0.2, 0.25) is 0 Å². The number of carbonyl (C=O) groups is 6. The first kappa shape index (κ1) is 42.4. The van der Waals surface area contributed by atoms with E-state index in [9.17, 15) is 28.8 Å². The second-order valence-electron chi connectivity index (χ2n) is 10.6. The molecular weight excluding hydrogens is 638 g/mol. The summed E-state index contributed by atoms with van der Waals surface area (Å²) in [5.41, 5.74) is 0. The molecule has 1 aliphatic rings. The minimum atomic E-state index is -1.17. The summed E-state index contributed by atoms with van der Waals surface area (Å²) in [6.07, 6.45) is -2.24. The number of carbonyl (C=O) groups excluding carboxylic acids is 6. The molecule has 1 heterocycles. The van der Waals surface area contributed by atoms with Gasteiger partial charge in [0.25, 0.3) is 0 Å². The van der Waals surface area contributed by atoms with Crippen LogP contribution in [0.1, 0.15) is 47.0 Å². The number of esters is 3. The number of rotatable bonds is 25. The van der Waals surface area contributed by atoms with E-state index >= 15 is 0 Å². The fraction of sp³-hybridized carbons (Fsp3) is 0.742. The van der Waals surface area contributed by atoms with Gasteiger partial charge in [-0.15, -0.1) is 6.58 Å².